The largest absolute Gasteiger partial charge is 0.497 e. The topological polar surface area (TPSA) is 138 Å². The molecule has 28 heavy (non-hydrogen) atoms. The Kier molecular flexibility index (Phi) is 4.70. The number of benzene rings is 1. The summed E-state index contributed by atoms with van der Waals surface area (Å²) >= 11 is 0. The van der Waals surface area contributed by atoms with E-state index < -0.39 is 29.4 Å². The summed E-state index contributed by atoms with van der Waals surface area (Å²) in [5, 5.41) is 12.1. The molecule has 3 rings (SSSR count). The predicted molar refractivity (Wildman–Crippen MR) is 94.4 cm³/mol. The number of nitrogens with zero attached hydrogens (tertiary/aromatic N) is 2. The Balaban J connectivity index is 1.82. The van der Waals surface area contributed by atoms with Gasteiger partial charge in [-0.3, -0.25) is 20.0 Å². The van der Waals surface area contributed by atoms with Gasteiger partial charge in [0.05, 0.1) is 18.2 Å². The molecule has 1 aromatic heterocycles. The zero-order chi connectivity index (χ0) is 20.5. The standard InChI is InChI=1S/C18H16N4O6/c1-18(12-3-5-13(28-2)6-4-12)16(26)22(17(27)20-18)21-14(23)10-7-11(15(24)25)9-19-8-10/h3-9H,1-2H3,(H,20,27)(H,21,23)(H,24,25). The summed E-state index contributed by atoms with van der Waals surface area (Å²) in [5.74, 6) is -2.22. The molecule has 1 saturated heterocycles. The third-order valence-corrected chi connectivity index (χ3v) is 4.32. The van der Waals surface area contributed by atoms with Crippen molar-refractivity contribution in [3.63, 3.8) is 0 Å². The van der Waals surface area contributed by atoms with Crippen molar-refractivity contribution in [2.45, 2.75) is 12.5 Å². The van der Waals surface area contributed by atoms with Crippen LogP contribution in [0.2, 0.25) is 0 Å². The van der Waals surface area contributed by atoms with Crippen LogP contribution < -0.4 is 15.5 Å². The molecule has 3 N–H and O–H groups in total. The molecule has 1 aliphatic heterocycles. The number of nitrogens with one attached hydrogen (secondary N) is 2. The predicted octanol–water partition coefficient (Wildman–Crippen LogP) is 0.900. The highest BCUT2D eigenvalue weighted by molar-refractivity contribution is 6.09. The van der Waals surface area contributed by atoms with Crippen LogP contribution in [0.5, 0.6) is 5.75 Å². The summed E-state index contributed by atoms with van der Waals surface area (Å²) in [4.78, 5) is 52.1. The maximum absolute atomic E-state index is 12.8. The van der Waals surface area contributed by atoms with Gasteiger partial charge in [0.1, 0.15) is 11.3 Å². The molecule has 1 unspecified atom stereocenters. The molecule has 1 atom stereocenters. The van der Waals surface area contributed by atoms with Crippen LogP contribution in [0.1, 0.15) is 33.2 Å². The molecule has 2 aromatic rings. The number of urea groups is 1. The number of hydrogen-bond acceptors (Lipinski definition) is 6. The number of carbonyl (C=O) groups excluding carboxylic acids is 3. The van der Waals surface area contributed by atoms with E-state index in [2.05, 4.69) is 15.7 Å². The minimum absolute atomic E-state index is 0.112. The van der Waals surface area contributed by atoms with E-state index in [4.69, 9.17) is 9.84 Å². The maximum Gasteiger partial charge on any atom is 0.344 e. The number of carboxylic acid groups (broad SMARTS) is 1. The van der Waals surface area contributed by atoms with Crippen LogP contribution in [0, 0.1) is 0 Å². The van der Waals surface area contributed by atoms with Crippen molar-refractivity contribution in [1.29, 1.82) is 0 Å². The van der Waals surface area contributed by atoms with Crippen molar-refractivity contribution >= 4 is 23.8 Å². The summed E-state index contributed by atoms with van der Waals surface area (Å²) in [6.45, 7) is 1.51. The number of hydrogen-bond donors (Lipinski definition) is 3. The average molecular weight is 384 g/mol. The van der Waals surface area contributed by atoms with Crippen LogP contribution >= 0.6 is 0 Å². The quantitative estimate of drug-likeness (QED) is 0.651. The zero-order valence-electron chi connectivity index (χ0n) is 14.9. The number of aromatic carboxylic acids is 1. The van der Waals surface area contributed by atoms with Crippen molar-refractivity contribution < 1.29 is 29.0 Å². The highest BCUT2D eigenvalue weighted by atomic mass is 16.5. The van der Waals surface area contributed by atoms with Crippen molar-refractivity contribution in [1.82, 2.24) is 20.7 Å². The Labute approximate surface area is 159 Å². The number of ether oxygens (including phenoxy) is 1. The number of imide groups is 1. The lowest BCUT2D eigenvalue weighted by atomic mass is 9.92. The second kappa shape index (κ2) is 6.99. The minimum Gasteiger partial charge on any atom is -0.497 e. The molecule has 0 bridgehead atoms. The molecule has 0 aliphatic carbocycles. The van der Waals surface area contributed by atoms with Gasteiger partial charge >= 0.3 is 12.0 Å². The Morgan fingerprint density at radius 1 is 1.18 bits per heavy atom. The van der Waals surface area contributed by atoms with Gasteiger partial charge in [0.15, 0.2) is 0 Å². The first-order valence-corrected chi connectivity index (χ1v) is 8.07. The molecule has 144 valence electrons. The third-order valence-electron chi connectivity index (χ3n) is 4.32. The fourth-order valence-corrected chi connectivity index (χ4v) is 2.71. The molecule has 1 fully saturated rings. The first-order chi connectivity index (χ1) is 13.3. The highest BCUT2D eigenvalue weighted by Crippen LogP contribution is 2.29. The van der Waals surface area contributed by atoms with Crippen LogP contribution in [0.4, 0.5) is 4.79 Å². The molecular formula is C18H16N4O6. The van der Waals surface area contributed by atoms with Crippen LogP contribution in [0.15, 0.2) is 42.7 Å². The summed E-state index contributed by atoms with van der Waals surface area (Å²) in [6.07, 6.45) is 2.20. The van der Waals surface area contributed by atoms with E-state index in [1.54, 1.807) is 24.3 Å². The van der Waals surface area contributed by atoms with E-state index in [1.165, 1.54) is 14.0 Å². The average Bonchev–Trinajstić information content (AvgIpc) is 2.92. The number of methoxy groups -OCH3 is 1. The number of aromatic nitrogens is 1. The number of hydrazine groups is 1. The van der Waals surface area contributed by atoms with Gasteiger partial charge in [-0.25, -0.2) is 9.59 Å². The van der Waals surface area contributed by atoms with E-state index >= 15 is 0 Å². The lowest BCUT2D eigenvalue weighted by Gasteiger charge is -2.22. The van der Waals surface area contributed by atoms with Gasteiger partial charge in [-0.05, 0) is 30.7 Å². The van der Waals surface area contributed by atoms with Gasteiger partial charge < -0.3 is 15.2 Å². The SMILES string of the molecule is COc1ccc(C2(C)NC(=O)N(NC(=O)c3cncc(C(=O)O)c3)C2=O)cc1. The number of carbonyl (C=O) groups is 4. The monoisotopic (exact) mass is 384 g/mol. The third kappa shape index (κ3) is 3.22. The van der Waals surface area contributed by atoms with E-state index in [9.17, 15) is 19.2 Å². The summed E-state index contributed by atoms with van der Waals surface area (Å²) < 4.78 is 5.07. The molecule has 0 spiro atoms. The molecule has 1 aliphatic rings. The number of pyridine rings is 1. The molecule has 10 heteroatoms. The molecule has 1 aromatic carbocycles. The second-order valence-electron chi connectivity index (χ2n) is 6.13. The maximum atomic E-state index is 12.8. The minimum atomic E-state index is -1.39. The van der Waals surface area contributed by atoms with Gasteiger partial charge in [-0.1, -0.05) is 12.1 Å². The van der Waals surface area contributed by atoms with Crippen LogP contribution in [0.25, 0.3) is 0 Å². The highest BCUT2D eigenvalue weighted by Gasteiger charge is 2.50. The smallest absolute Gasteiger partial charge is 0.344 e. The zero-order valence-corrected chi connectivity index (χ0v) is 14.9. The lowest BCUT2D eigenvalue weighted by Crippen LogP contribution is -2.48. The van der Waals surface area contributed by atoms with Crippen LogP contribution in [0.3, 0.4) is 0 Å². The summed E-state index contributed by atoms with van der Waals surface area (Å²) in [7, 11) is 1.50. The van der Waals surface area contributed by atoms with Gasteiger partial charge in [-0.2, -0.15) is 5.01 Å². The van der Waals surface area contributed by atoms with Crippen LogP contribution in [-0.4, -0.2) is 46.0 Å². The Morgan fingerprint density at radius 3 is 2.43 bits per heavy atom. The van der Waals surface area contributed by atoms with E-state index in [0.717, 1.165) is 18.5 Å². The second-order valence-corrected chi connectivity index (χ2v) is 6.13. The molecule has 2 heterocycles. The van der Waals surface area contributed by atoms with Crippen molar-refractivity contribution in [3.8, 4) is 5.75 Å². The fraction of sp³-hybridized carbons (Fsp3) is 0.167. The van der Waals surface area contributed by atoms with Crippen molar-refractivity contribution in [3.05, 3.63) is 59.4 Å². The van der Waals surface area contributed by atoms with E-state index in [1.807, 2.05) is 0 Å². The summed E-state index contributed by atoms with van der Waals surface area (Å²) in [5.41, 5.74) is 0.977. The molecular weight excluding hydrogens is 368 g/mol. The lowest BCUT2D eigenvalue weighted by molar-refractivity contribution is -0.132. The Bertz CT molecular complexity index is 974. The molecule has 0 saturated carbocycles. The van der Waals surface area contributed by atoms with Gasteiger partial charge in [0.2, 0.25) is 0 Å². The molecule has 4 amide bonds. The number of rotatable bonds is 5. The van der Waals surface area contributed by atoms with Crippen LogP contribution in [-0.2, 0) is 10.3 Å². The van der Waals surface area contributed by atoms with Gasteiger partial charge in [0.25, 0.3) is 11.8 Å². The van der Waals surface area contributed by atoms with E-state index in [-0.39, 0.29) is 11.1 Å². The summed E-state index contributed by atoms with van der Waals surface area (Å²) in [6, 6.07) is 6.81. The fourth-order valence-electron chi connectivity index (χ4n) is 2.71. The normalized spacial score (nSPS) is 18.6. The van der Waals surface area contributed by atoms with Crippen molar-refractivity contribution in [2.24, 2.45) is 0 Å². The number of amides is 4. The van der Waals surface area contributed by atoms with Crippen molar-refractivity contribution in [2.75, 3.05) is 7.11 Å². The Hall–Kier alpha value is -3.95. The first kappa shape index (κ1) is 18.8. The molecule has 10 nitrogen and oxygen atoms in total. The van der Waals surface area contributed by atoms with Gasteiger partial charge in [0, 0.05) is 12.4 Å². The van der Waals surface area contributed by atoms with E-state index in [0.29, 0.717) is 16.3 Å². The molecule has 0 radical (unpaired) electrons. The number of carboxylic acids is 1. The first-order valence-electron chi connectivity index (χ1n) is 8.07. The van der Waals surface area contributed by atoms with Gasteiger partial charge in [-0.15, -0.1) is 0 Å². The Morgan fingerprint density at radius 2 is 1.82 bits per heavy atom.